The standard InChI is InChI=1S/C23H22FN3O2/c1-29-21-10-3-2-9-19(21)23(28)27-13-5-7-17(15-27)20-11-12-25-22(26-20)16-6-4-8-18(24)14-16/h2-4,6,8-12,14,17H,5,7,13,15H2,1H3. The molecule has 29 heavy (non-hydrogen) atoms. The lowest BCUT2D eigenvalue weighted by Crippen LogP contribution is -2.39. The second-order valence-corrected chi connectivity index (χ2v) is 7.11. The lowest BCUT2D eigenvalue weighted by atomic mass is 9.94. The van der Waals surface area contributed by atoms with Gasteiger partial charge in [-0.05, 0) is 43.2 Å². The van der Waals surface area contributed by atoms with E-state index >= 15 is 0 Å². The minimum Gasteiger partial charge on any atom is -0.496 e. The predicted octanol–water partition coefficient (Wildman–Crippen LogP) is 4.31. The molecule has 5 nitrogen and oxygen atoms in total. The maximum absolute atomic E-state index is 13.6. The first-order valence-electron chi connectivity index (χ1n) is 9.67. The number of halogens is 1. The minimum atomic E-state index is -0.317. The number of nitrogens with zero attached hydrogens (tertiary/aromatic N) is 3. The number of piperidine rings is 1. The average Bonchev–Trinajstić information content (AvgIpc) is 2.79. The summed E-state index contributed by atoms with van der Waals surface area (Å²) in [5.74, 6) is 0.831. The minimum absolute atomic E-state index is 0.0356. The van der Waals surface area contributed by atoms with Gasteiger partial charge in [0.1, 0.15) is 11.6 Å². The third kappa shape index (κ3) is 4.11. The molecule has 1 aliphatic rings. The fourth-order valence-corrected chi connectivity index (χ4v) is 3.76. The molecule has 1 aromatic heterocycles. The van der Waals surface area contributed by atoms with Gasteiger partial charge in [-0.25, -0.2) is 14.4 Å². The molecule has 1 unspecified atom stereocenters. The van der Waals surface area contributed by atoms with E-state index in [1.165, 1.54) is 12.1 Å². The zero-order valence-electron chi connectivity index (χ0n) is 16.2. The number of para-hydroxylation sites is 1. The summed E-state index contributed by atoms with van der Waals surface area (Å²) in [5, 5.41) is 0. The molecular weight excluding hydrogens is 369 g/mol. The Morgan fingerprint density at radius 1 is 1.17 bits per heavy atom. The zero-order valence-corrected chi connectivity index (χ0v) is 16.2. The van der Waals surface area contributed by atoms with E-state index in [2.05, 4.69) is 9.97 Å². The Labute approximate surface area is 169 Å². The summed E-state index contributed by atoms with van der Waals surface area (Å²) in [6, 6.07) is 15.4. The van der Waals surface area contributed by atoms with Crippen LogP contribution in [0.2, 0.25) is 0 Å². The van der Waals surface area contributed by atoms with E-state index < -0.39 is 0 Å². The Bertz CT molecular complexity index is 1020. The van der Waals surface area contributed by atoms with E-state index in [-0.39, 0.29) is 17.6 Å². The van der Waals surface area contributed by atoms with Crippen LogP contribution in [-0.2, 0) is 0 Å². The first kappa shape index (κ1) is 19.1. The van der Waals surface area contributed by atoms with E-state index in [1.54, 1.807) is 37.6 Å². The first-order valence-corrected chi connectivity index (χ1v) is 9.67. The van der Waals surface area contributed by atoms with Crippen LogP contribution in [0.25, 0.3) is 11.4 Å². The normalized spacial score (nSPS) is 16.5. The van der Waals surface area contributed by atoms with Crippen LogP contribution in [0.5, 0.6) is 5.75 Å². The summed E-state index contributed by atoms with van der Waals surface area (Å²) in [4.78, 5) is 23.9. The van der Waals surface area contributed by atoms with Crippen LogP contribution >= 0.6 is 0 Å². The number of amides is 1. The average molecular weight is 391 g/mol. The van der Waals surface area contributed by atoms with Crippen LogP contribution in [0.3, 0.4) is 0 Å². The van der Waals surface area contributed by atoms with Gasteiger partial charge >= 0.3 is 0 Å². The summed E-state index contributed by atoms with van der Waals surface area (Å²) in [6.45, 7) is 1.28. The quantitative estimate of drug-likeness (QED) is 0.665. The number of carbonyl (C=O) groups excluding carboxylic acids is 1. The van der Waals surface area contributed by atoms with E-state index in [0.29, 0.717) is 35.8 Å². The highest BCUT2D eigenvalue weighted by molar-refractivity contribution is 5.97. The van der Waals surface area contributed by atoms with Gasteiger partial charge in [0, 0.05) is 36.5 Å². The Morgan fingerprint density at radius 2 is 2.03 bits per heavy atom. The highest BCUT2D eigenvalue weighted by atomic mass is 19.1. The third-order valence-electron chi connectivity index (χ3n) is 5.22. The predicted molar refractivity (Wildman–Crippen MR) is 108 cm³/mol. The summed E-state index contributed by atoms with van der Waals surface area (Å²) in [7, 11) is 1.57. The van der Waals surface area contributed by atoms with Crippen LogP contribution in [0, 0.1) is 5.82 Å². The first-order chi connectivity index (χ1) is 14.2. The van der Waals surface area contributed by atoms with Gasteiger partial charge in [-0.2, -0.15) is 0 Å². The fourth-order valence-electron chi connectivity index (χ4n) is 3.76. The molecular formula is C23H22FN3O2. The van der Waals surface area contributed by atoms with Gasteiger partial charge in [0.2, 0.25) is 0 Å². The maximum Gasteiger partial charge on any atom is 0.257 e. The lowest BCUT2D eigenvalue weighted by molar-refractivity contribution is 0.0702. The Kier molecular flexibility index (Phi) is 5.51. The molecule has 1 saturated heterocycles. The molecule has 0 N–H and O–H groups in total. The Morgan fingerprint density at radius 3 is 2.86 bits per heavy atom. The van der Waals surface area contributed by atoms with Crippen molar-refractivity contribution in [3.8, 4) is 17.1 Å². The van der Waals surface area contributed by atoms with Crippen molar-refractivity contribution in [2.24, 2.45) is 0 Å². The number of likely N-dealkylation sites (tertiary alicyclic amines) is 1. The molecule has 1 fully saturated rings. The molecule has 3 aromatic rings. The highest BCUT2D eigenvalue weighted by Gasteiger charge is 2.28. The Hall–Kier alpha value is -3.28. The number of hydrogen-bond acceptors (Lipinski definition) is 4. The van der Waals surface area contributed by atoms with Gasteiger partial charge in [0.25, 0.3) is 5.91 Å². The van der Waals surface area contributed by atoms with Crippen molar-refractivity contribution in [2.75, 3.05) is 20.2 Å². The lowest BCUT2D eigenvalue weighted by Gasteiger charge is -2.33. The van der Waals surface area contributed by atoms with E-state index in [0.717, 1.165) is 18.5 Å². The van der Waals surface area contributed by atoms with Gasteiger partial charge < -0.3 is 9.64 Å². The van der Waals surface area contributed by atoms with Crippen molar-refractivity contribution < 1.29 is 13.9 Å². The number of carbonyl (C=O) groups is 1. The van der Waals surface area contributed by atoms with Crippen LogP contribution in [0.1, 0.15) is 34.8 Å². The monoisotopic (exact) mass is 391 g/mol. The summed E-state index contributed by atoms with van der Waals surface area (Å²) >= 11 is 0. The maximum atomic E-state index is 13.6. The van der Waals surface area contributed by atoms with Crippen LogP contribution < -0.4 is 4.74 Å². The summed E-state index contributed by atoms with van der Waals surface area (Å²) < 4.78 is 18.9. The van der Waals surface area contributed by atoms with Gasteiger partial charge in [-0.15, -0.1) is 0 Å². The van der Waals surface area contributed by atoms with Crippen LogP contribution in [-0.4, -0.2) is 41.0 Å². The van der Waals surface area contributed by atoms with Gasteiger partial charge in [-0.1, -0.05) is 24.3 Å². The molecule has 1 aliphatic heterocycles. The fraction of sp³-hybridized carbons (Fsp3) is 0.261. The van der Waals surface area contributed by atoms with Crippen molar-refractivity contribution >= 4 is 5.91 Å². The molecule has 2 aromatic carbocycles. The zero-order chi connectivity index (χ0) is 20.2. The van der Waals surface area contributed by atoms with Crippen molar-refractivity contribution in [3.63, 3.8) is 0 Å². The van der Waals surface area contributed by atoms with E-state index in [9.17, 15) is 9.18 Å². The van der Waals surface area contributed by atoms with Gasteiger partial charge in [0.15, 0.2) is 5.82 Å². The number of hydrogen-bond donors (Lipinski definition) is 0. The van der Waals surface area contributed by atoms with Crippen LogP contribution in [0.4, 0.5) is 4.39 Å². The second kappa shape index (κ2) is 8.39. The van der Waals surface area contributed by atoms with E-state index in [1.807, 2.05) is 23.1 Å². The number of rotatable bonds is 4. The highest BCUT2D eigenvalue weighted by Crippen LogP contribution is 2.29. The Balaban J connectivity index is 1.56. The van der Waals surface area contributed by atoms with Crippen LogP contribution in [0.15, 0.2) is 60.8 Å². The number of ether oxygens (including phenoxy) is 1. The number of methoxy groups -OCH3 is 1. The number of aromatic nitrogens is 2. The van der Waals surface area contributed by atoms with Crippen molar-refractivity contribution in [3.05, 3.63) is 77.9 Å². The molecule has 0 spiro atoms. The summed E-state index contributed by atoms with van der Waals surface area (Å²) in [5.41, 5.74) is 2.08. The topological polar surface area (TPSA) is 55.3 Å². The smallest absolute Gasteiger partial charge is 0.257 e. The molecule has 6 heteroatoms. The van der Waals surface area contributed by atoms with Gasteiger partial charge in [-0.3, -0.25) is 4.79 Å². The second-order valence-electron chi connectivity index (χ2n) is 7.11. The molecule has 4 rings (SSSR count). The number of benzene rings is 2. The largest absolute Gasteiger partial charge is 0.496 e. The molecule has 0 aliphatic carbocycles. The molecule has 0 saturated carbocycles. The SMILES string of the molecule is COc1ccccc1C(=O)N1CCCC(c2ccnc(-c3cccc(F)c3)n2)C1. The van der Waals surface area contributed by atoms with Gasteiger partial charge in [0.05, 0.1) is 12.7 Å². The van der Waals surface area contributed by atoms with Crippen molar-refractivity contribution in [2.45, 2.75) is 18.8 Å². The van der Waals surface area contributed by atoms with Crippen molar-refractivity contribution in [1.82, 2.24) is 14.9 Å². The van der Waals surface area contributed by atoms with Crippen molar-refractivity contribution in [1.29, 1.82) is 0 Å². The summed E-state index contributed by atoms with van der Waals surface area (Å²) in [6.07, 6.45) is 3.53. The molecule has 148 valence electrons. The molecule has 1 amide bonds. The third-order valence-corrected chi connectivity index (χ3v) is 5.22. The molecule has 0 bridgehead atoms. The molecule has 2 heterocycles. The molecule has 0 radical (unpaired) electrons. The van der Waals surface area contributed by atoms with E-state index in [4.69, 9.17) is 4.74 Å². The molecule has 1 atom stereocenters.